The second kappa shape index (κ2) is 8.83. The summed E-state index contributed by atoms with van der Waals surface area (Å²) in [6.45, 7) is 10.9. The standard InChI is InChI=1S/C23H35N3O2/c1-17-4-3-5-21(18(17)2)24-23(27)16-26-11-9-25(10-12-26)15-19-6-7-22-20(14-19)8-13-28-22/h6-7,14,17-18,21H,3-5,8-13,15-16H2,1-2H3,(H,24,27)/t17-,18+,21-/m0/s1. The summed E-state index contributed by atoms with van der Waals surface area (Å²) in [5.74, 6) is 2.57. The largest absolute Gasteiger partial charge is 0.493 e. The van der Waals surface area contributed by atoms with Crippen LogP contribution in [0, 0.1) is 11.8 Å². The summed E-state index contributed by atoms with van der Waals surface area (Å²) in [5, 5.41) is 3.32. The van der Waals surface area contributed by atoms with Crippen LogP contribution in [0.1, 0.15) is 44.2 Å². The lowest BCUT2D eigenvalue weighted by atomic mass is 9.78. The molecule has 1 saturated heterocycles. The molecule has 0 aromatic heterocycles. The van der Waals surface area contributed by atoms with E-state index in [1.165, 1.54) is 24.0 Å². The maximum atomic E-state index is 12.5. The van der Waals surface area contributed by atoms with Crippen LogP contribution in [0.5, 0.6) is 5.75 Å². The first kappa shape index (κ1) is 19.7. The highest BCUT2D eigenvalue weighted by atomic mass is 16.5. The Labute approximate surface area is 169 Å². The van der Waals surface area contributed by atoms with E-state index in [4.69, 9.17) is 4.74 Å². The third kappa shape index (κ3) is 4.69. The number of carbonyl (C=O) groups is 1. The highest BCUT2D eigenvalue weighted by molar-refractivity contribution is 5.78. The van der Waals surface area contributed by atoms with Crippen molar-refractivity contribution in [2.45, 2.75) is 52.1 Å². The molecule has 2 aliphatic heterocycles. The van der Waals surface area contributed by atoms with E-state index in [0.29, 0.717) is 24.4 Å². The van der Waals surface area contributed by atoms with Crippen LogP contribution >= 0.6 is 0 Å². The minimum Gasteiger partial charge on any atom is -0.493 e. The van der Waals surface area contributed by atoms with E-state index in [-0.39, 0.29) is 5.91 Å². The minimum absolute atomic E-state index is 0.207. The molecule has 3 atom stereocenters. The van der Waals surface area contributed by atoms with Crippen molar-refractivity contribution in [3.05, 3.63) is 29.3 Å². The molecule has 0 unspecified atom stereocenters. The van der Waals surface area contributed by atoms with E-state index in [9.17, 15) is 4.79 Å². The van der Waals surface area contributed by atoms with Crippen LogP contribution in [0.15, 0.2) is 18.2 Å². The second-order valence-electron chi connectivity index (χ2n) is 9.03. The van der Waals surface area contributed by atoms with Crippen LogP contribution in [0.3, 0.4) is 0 Å². The van der Waals surface area contributed by atoms with Crippen LogP contribution in [0.4, 0.5) is 0 Å². The predicted octanol–water partition coefficient (Wildman–Crippen LogP) is 2.68. The van der Waals surface area contributed by atoms with Crippen LogP contribution in [-0.4, -0.2) is 61.1 Å². The number of nitrogens with one attached hydrogen (secondary N) is 1. The first-order valence-electron chi connectivity index (χ1n) is 11.1. The van der Waals surface area contributed by atoms with Gasteiger partial charge in [0.15, 0.2) is 0 Å². The summed E-state index contributed by atoms with van der Waals surface area (Å²) >= 11 is 0. The lowest BCUT2D eigenvalue weighted by Crippen LogP contribution is -2.51. The van der Waals surface area contributed by atoms with Gasteiger partial charge >= 0.3 is 0 Å². The van der Waals surface area contributed by atoms with Crippen LogP contribution in [0.25, 0.3) is 0 Å². The van der Waals surface area contributed by atoms with Crippen LogP contribution < -0.4 is 10.1 Å². The third-order valence-electron chi connectivity index (χ3n) is 7.05. The van der Waals surface area contributed by atoms with Crippen molar-refractivity contribution in [2.75, 3.05) is 39.3 Å². The van der Waals surface area contributed by atoms with Gasteiger partial charge in [-0.2, -0.15) is 0 Å². The van der Waals surface area contributed by atoms with E-state index in [2.05, 4.69) is 47.2 Å². The summed E-state index contributed by atoms with van der Waals surface area (Å²) in [6.07, 6.45) is 4.71. The average molecular weight is 386 g/mol. The smallest absolute Gasteiger partial charge is 0.234 e. The minimum atomic E-state index is 0.207. The SMILES string of the molecule is C[C@H]1[C@@H](NC(=O)CN2CCN(Cc3ccc4c(c3)CCO4)CC2)CCC[C@@H]1C. The van der Waals surface area contributed by atoms with Crippen molar-refractivity contribution in [1.29, 1.82) is 0 Å². The van der Waals surface area contributed by atoms with E-state index < -0.39 is 0 Å². The molecule has 5 heteroatoms. The summed E-state index contributed by atoms with van der Waals surface area (Å²) in [7, 11) is 0. The predicted molar refractivity (Wildman–Crippen MR) is 111 cm³/mol. The number of benzene rings is 1. The number of carbonyl (C=O) groups excluding carboxylic acids is 1. The Bertz CT molecular complexity index is 684. The molecule has 0 bridgehead atoms. The maximum absolute atomic E-state index is 12.5. The first-order chi connectivity index (χ1) is 13.6. The molecule has 1 aliphatic carbocycles. The fourth-order valence-corrected chi connectivity index (χ4v) is 4.94. The third-order valence-corrected chi connectivity index (χ3v) is 7.05. The van der Waals surface area contributed by atoms with Gasteiger partial charge in [0, 0.05) is 45.2 Å². The van der Waals surface area contributed by atoms with Gasteiger partial charge in [0.25, 0.3) is 0 Å². The van der Waals surface area contributed by atoms with Crippen molar-refractivity contribution >= 4 is 5.91 Å². The number of fused-ring (bicyclic) bond motifs is 1. The molecule has 1 amide bonds. The van der Waals surface area contributed by atoms with Crippen molar-refractivity contribution in [2.24, 2.45) is 11.8 Å². The summed E-state index contributed by atoms with van der Waals surface area (Å²) < 4.78 is 5.60. The Morgan fingerprint density at radius 1 is 1.14 bits per heavy atom. The van der Waals surface area contributed by atoms with E-state index in [0.717, 1.165) is 57.9 Å². The van der Waals surface area contributed by atoms with E-state index in [1.54, 1.807) is 0 Å². The number of hydrogen-bond acceptors (Lipinski definition) is 4. The fourth-order valence-electron chi connectivity index (χ4n) is 4.94. The Balaban J connectivity index is 1.20. The molecule has 1 aromatic rings. The van der Waals surface area contributed by atoms with Gasteiger partial charge in [0.05, 0.1) is 13.2 Å². The van der Waals surface area contributed by atoms with Crippen LogP contribution in [0.2, 0.25) is 0 Å². The summed E-state index contributed by atoms with van der Waals surface area (Å²) in [5.41, 5.74) is 2.72. The molecule has 28 heavy (non-hydrogen) atoms. The van der Waals surface area contributed by atoms with Crippen molar-refractivity contribution in [3.8, 4) is 5.75 Å². The van der Waals surface area contributed by atoms with E-state index >= 15 is 0 Å². The molecular weight excluding hydrogens is 350 g/mol. The van der Waals surface area contributed by atoms with Gasteiger partial charge < -0.3 is 10.1 Å². The number of rotatable bonds is 5. The molecule has 0 spiro atoms. The first-order valence-corrected chi connectivity index (χ1v) is 11.1. The zero-order chi connectivity index (χ0) is 19.5. The highest BCUT2D eigenvalue weighted by Crippen LogP contribution is 2.29. The maximum Gasteiger partial charge on any atom is 0.234 e. The van der Waals surface area contributed by atoms with E-state index in [1.807, 2.05) is 0 Å². The zero-order valence-electron chi connectivity index (χ0n) is 17.5. The molecule has 2 fully saturated rings. The Morgan fingerprint density at radius 3 is 2.75 bits per heavy atom. The molecule has 3 aliphatic rings. The number of amides is 1. The van der Waals surface area contributed by atoms with Crippen molar-refractivity contribution in [1.82, 2.24) is 15.1 Å². The zero-order valence-corrected chi connectivity index (χ0v) is 17.5. The average Bonchev–Trinajstić information content (AvgIpc) is 3.15. The van der Waals surface area contributed by atoms with Gasteiger partial charge in [-0.1, -0.05) is 38.8 Å². The Morgan fingerprint density at radius 2 is 1.93 bits per heavy atom. The molecule has 4 rings (SSSR count). The number of ether oxygens (including phenoxy) is 1. The summed E-state index contributed by atoms with van der Waals surface area (Å²) in [4.78, 5) is 17.3. The van der Waals surface area contributed by atoms with Gasteiger partial charge in [0.1, 0.15) is 5.75 Å². The molecule has 1 N–H and O–H groups in total. The van der Waals surface area contributed by atoms with Gasteiger partial charge in [-0.25, -0.2) is 0 Å². The van der Waals surface area contributed by atoms with Crippen molar-refractivity contribution < 1.29 is 9.53 Å². The second-order valence-corrected chi connectivity index (χ2v) is 9.03. The normalized spacial score (nSPS) is 28.6. The monoisotopic (exact) mass is 385 g/mol. The van der Waals surface area contributed by atoms with Crippen molar-refractivity contribution in [3.63, 3.8) is 0 Å². The topological polar surface area (TPSA) is 44.8 Å². The fraction of sp³-hybridized carbons (Fsp3) is 0.696. The quantitative estimate of drug-likeness (QED) is 0.846. The molecule has 1 aromatic carbocycles. The lowest BCUT2D eigenvalue weighted by Gasteiger charge is -2.37. The number of nitrogens with zero attached hydrogens (tertiary/aromatic N) is 2. The van der Waals surface area contributed by atoms with Gasteiger partial charge in [0.2, 0.25) is 5.91 Å². The van der Waals surface area contributed by atoms with Gasteiger partial charge in [-0.15, -0.1) is 0 Å². The Kier molecular flexibility index (Phi) is 6.22. The van der Waals surface area contributed by atoms with Gasteiger partial charge in [-0.05, 0) is 35.4 Å². The number of hydrogen-bond donors (Lipinski definition) is 1. The molecule has 5 nitrogen and oxygen atoms in total. The molecular formula is C23H35N3O2. The highest BCUT2D eigenvalue weighted by Gasteiger charge is 2.29. The molecule has 154 valence electrons. The molecule has 0 radical (unpaired) electrons. The molecule has 2 heterocycles. The Hall–Kier alpha value is -1.59. The molecule has 1 saturated carbocycles. The van der Waals surface area contributed by atoms with Gasteiger partial charge in [-0.3, -0.25) is 14.6 Å². The van der Waals surface area contributed by atoms with Crippen LogP contribution in [-0.2, 0) is 17.8 Å². The lowest BCUT2D eigenvalue weighted by molar-refractivity contribution is -0.124. The number of piperazine rings is 1. The summed E-state index contributed by atoms with van der Waals surface area (Å²) in [6, 6.07) is 6.97.